The molecule has 1 fully saturated rings. The van der Waals surface area contributed by atoms with Crippen molar-refractivity contribution >= 4 is 6.29 Å². The van der Waals surface area contributed by atoms with Crippen molar-refractivity contribution in [1.29, 1.82) is 0 Å². The van der Waals surface area contributed by atoms with Crippen LogP contribution in [0, 0.1) is 11.8 Å². The lowest BCUT2D eigenvalue weighted by atomic mass is 9.90. The maximum Gasteiger partial charge on any atom is 0.123 e. The highest BCUT2D eigenvalue weighted by Gasteiger charge is 2.49. The SMILES string of the molecule is CC1Oc2ccccc2C1[C@@H]1C[C@H]1C=O. The minimum atomic E-state index is 0.220. The molecular formula is C13H14O2. The second-order valence-corrected chi connectivity index (χ2v) is 4.59. The van der Waals surface area contributed by atoms with Crippen molar-refractivity contribution in [3.63, 3.8) is 0 Å². The zero-order valence-electron chi connectivity index (χ0n) is 8.72. The first-order valence-corrected chi connectivity index (χ1v) is 5.52. The second kappa shape index (κ2) is 3.09. The number of hydrogen-bond donors (Lipinski definition) is 0. The quantitative estimate of drug-likeness (QED) is 0.688. The van der Waals surface area contributed by atoms with Gasteiger partial charge in [0.15, 0.2) is 0 Å². The highest BCUT2D eigenvalue weighted by molar-refractivity contribution is 5.59. The van der Waals surface area contributed by atoms with Crippen LogP contribution in [0.5, 0.6) is 5.75 Å². The van der Waals surface area contributed by atoms with E-state index in [0.29, 0.717) is 11.8 Å². The van der Waals surface area contributed by atoms with E-state index >= 15 is 0 Å². The molecule has 1 heterocycles. The molecule has 0 amide bonds. The molecule has 1 aromatic rings. The van der Waals surface area contributed by atoms with E-state index in [9.17, 15) is 4.79 Å². The molecule has 2 nitrogen and oxygen atoms in total. The normalized spacial score (nSPS) is 36.9. The zero-order valence-corrected chi connectivity index (χ0v) is 8.72. The smallest absolute Gasteiger partial charge is 0.123 e. The summed E-state index contributed by atoms with van der Waals surface area (Å²) in [6.07, 6.45) is 2.35. The number of hydrogen-bond acceptors (Lipinski definition) is 2. The summed E-state index contributed by atoms with van der Waals surface area (Å²) < 4.78 is 5.80. The van der Waals surface area contributed by atoms with Gasteiger partial charge in [0.1, 0.15) is 18.1 Å². The van der Waals surface area contributed by atoms with Crippen LogP contribution < -0.4 is 4.74 Å². The van der Waals surface area contributed by atoms with Crippen LogP contribution in [0.15, 0.2) is 24.3 Å². The monoisotopic (exact) mass is 202 g/mol. The van der Waals surface area contributed by atoms with Gasteiger partial charge in [0, 0.05) is 17.4 Å². The molecule has 1 aliphatic heterocycles. The van der Waals surface area contributed by atoms with E-state index in [1.54, 1.807) is 0 Å². The van der Waals surface area contributed by atoms with Gasteiger partial charge in [-0.15, -0.1) is 0 Å². The minimum Gasteiger partial charge on any atom is -0.490 e. The summed E-state index contributed by atoms with van der Waals surface area (Å²) in [6.45, 7) is 2.10. The van der Waals surface area contributed by atoms with Crippen LogP contribution >= 0.6 is 0 Å². The van der Waals surface area contributed by atoms with E-state index in [2.05, 4.69) is 13.0 Å². The Kier molecular flexibility index (Phi) is 1.84. The molecule has 0 aromatic heterocycles. The number of ether oxygens (including phenoxy) is 1. The van der Waals surface area contributed by atoms with Crippen LogP contribution in [0.25, 0.3) is 0 Å². The van der Waals surface area contributed by atoms with E-state index in [1.165, 1.54) is 5.56 Å². The highest BCUT2D eigenvalue weighted by Crippen LogP contribution is 2.54. The Balaban J connectivity index is 1.93. The predicted molar refractivity (Wildman–Crippen MR) is 56.9 cm³/mol. The number of fused-ring (bicyclic) bond motifs is 1. The Hall–Kier alpha value is -1.31. The summed E-state index contributed by atoms with van der Waals surface area (Å²) in [4.78, 5) is 10.7. The number of carbonyl (C=O) groups excluding carboxylic acids is 1. The van der Waals surface area contributed by atoms with Gasteiger partial charge in [0.05, 0.1) is 0 Å². The Morgan fingerprint density at radius 2 is 2.20 bits per heavy atom. The lowest BCUT2D eigenvalue weighted by molar-refractivity contribution is -0.109. The zero-order chi connectivity index (χ0) is 10.4. The van der Waals surface area contributed by atoms with Crippen molar-refractivity contribution in [2.45, 2.75) is 25.4 Å². The minimum absolute atomic E-state index is 0.220. The third-order valence-electron chi connectivity index (χ3n) is 3.62. The van der Waals surface area contributed by atoms with Gasteiger partial charge in [-0.05, 0) is 25.3 Å². The largest absolute Gasteiger partial charge is 0.490 e. The lowest BCUT2D eigenvalue weighted by Crippen LogP contribution is -2.16. The highest BCUT2D eigenvalue weighted by atomic mass is 16.5. The molecule has 0 saturated heterocycles. The average Bonchev–Trinajstić information content (AvgIpc) is 2.93. The van der Waals surface area contributed by atoms with Crippen LogP contribution in [-0.2, 0) is 4.79 Å². The average molecular weight is 202 g/mol. The van der Waals surface area contributed by atoms with Gasteiger partial charge in [0.25, 0.3) is 0 Å². The Labute approximate surface area is 89.2 Å². The van der Waals surface area contributed by atoms with Crippen LogP contribution in [0.4, 0.5) is 0 Å². The molecule has 4 atom stereocenters. The van der Waals surface area contributed by atoms with Crippen molar-refractivity contribution in [3.05, 3.63) is 29.8 Å². The summed E-state index contributed by atoms with van der Waals surface area (Å²) in [6, 6.07) is 8.19. The third kappa shape index (κ3) is 1.28. The number of aldehydes is 1. The fourth-order valence-electron chi connectivity index (χ4n) is 2.77. The van der Waals surface area contributed by atoms with Crippen LogP contribution in [-0.4, -0.2) is 12.4 Å². The van der Waals surface area contributed by atoms with Crippen LogP contribution in [0.3, 0.4) is 0 Å². The van der Waals surface area contributed by atoms with Crippen molar-refractivity contribution < 1.29 is 9.53 Å². The number of carbonyl (C=O) groups is 1. The molecule has 0 N–H and O–H groups in total. The van der Waals surface area contributed by atoms with Gasteiger partial charge in [-0.3, -0.25) is 0 Å². The summed E-state index contributed by atoms with van der Waals surface area (Å²) in [7, 11) is 0. The van der Waals surface area contributed by atoms with E-state index in [4.69, 9.17) is 4.74 Å². The van der Waals surface area contributed by atoms with Crippen molar-refractivity contribution in [1.82, 2.24) is 0 Å². The van der Waals surface area contributed by atoms with E-state index in [1.807, 2.05) is 18.2 Å². The van der Waals surface area contributed by atoms with Gasteiger partial charge >= 0.3 is 0 Å². The lowest BCUT2D eigenvalue weighted by Gasteiger charge is -2.13. The van der Waals surface area contributed by atoms with E-state index < -0.39 is 0 Å². The van der Waals surface area contributed by atoms with E-state index in [-0.39, 0.29) is 12.0 Å². The van der Waals surface area contributed by atoms with Crippen LogP contribution in [0.2, 0.25) is 0 Å². The number of rotatable bonds is 2. The molecule has 78 valence electrons. The number of benzene rings is 1. The summed E-state index contributed by atoms with van der Waals surface area (Å²) >= 11 is 0. The van der Waals surface area contributed by atoms with E-state index in [0.717, 1.165) is 18.5 Å². The first kappa shape index (κ1) is 8.96. The maximum absolute atomic E-state index is 10.7. The topological polar surface area (TPSA) is 26.3 Å². The van der Waals surface area contributed by atoms with Crippen LogP contribution in [0.1, 0.15) is 24.8 Å². The molecule has 2 aliphatic rings. The first-order chi connectivity index (χ1) is 7.31. The molecule has 1 saturated carbocycles. The molecule has 3 rings (SSSR count). The number of para-hydroxylation sites is 1. The standard InChI is InChI=1S/C13H14O2/c1-8-13(11-6-9(11)7-14)10-4-2-3-5-12(10)15-8/h2-5,7-9,11,13H,6H2,1H3/t8?,9-,11+,13?/m0/s1. The van der Waals surface area contributed by atoms with Gasteiger partial charge in [-0.1, -0.05) is 18.2 Å². The first-order valence-electron chi connectivity index (χ1n) is 5.52. The molecule has 0 radical (unpaired) electrons. The van der Waals surface area contributed by atoms with Crippen molar-refractivity contribution in [2.24, 2.45) is 11.8 Å². The van der Waals surface area contributed by atoms with Gasteiger partial charge in [-0.25, -0.2) is 0 Å². The molecule has 0 bridgehead atoms. The fourth-order valence-corrected chi connectivity index (χ4v) is 2.77. The second-order valence-electron chi connectivity index (χ2n) is 4.59. The molecular weight excluding hydrogens is 188 g/mol. The Bertz CT molecular complexity index is 399. The molecule has 0 spiro atoms. The molecule has 2 unspecified atom stereocenters. The summed E-state index contributed by atoms with van der Waals surface area (Å²) in [5.41, 5.74) is 1.29. The summed E-state index contributed by atoms with van der Waals surface area (Å²) in [5.74, 6) is 2.22. The van der Waals surface area contributed by atoms with Gasteiger partial charge in [0.2, 0.25) is 0 Å². The van der Waals surface area contributed by atoms with Crippen molar-refractivity contribution in [2.75, 3.05) is 0 Å². The molecule has 15 heavy (non-hydrogen) atoms. The third-order valence-corrected chi connectivity index (χ3v) is 3.62. The molecule has 1 aliphatic carbocycles. The molecule has 1 aromatic carbocycles. The fraction of sp³-hybridized carbons (Fsp3) is 0.462. The maximum atomic E-state index is 10.7. The predicted octanol–water partition coefficient (Wildman–Crippen LogP) is 2.39. The Morgan fingerprint density at radius 3 is 2.93 bits per heavy atom. The van der Waals surface area contributed by atoms with Gasteiger partial charge < -0.3 is 9.53 Å². The van der Waals surface area contributed by atoms with Crippen molar-refractivity contribution in [3.8, 4) is 5.75 Å². The summed E-state index contributed by atoms with van der Waals surface area (Å²) in [5, 5.41) is 0. The Morgan fingerprint density at radius 1 is 1.40 bits per heavy atom. The molecule has 2 heteroatoms. The van der Waals surface area contributed by atoms with Gasteiger partial charge in [-0.2, -0.15) is 0 Å².